The zero-order chi connectivity index (χ0) is 6.10. The molecule has 0 saturated carbocycles. The van der Waals surface area contributed by atoms with Gasteiger partial charge in [-0.05, 0) is 24.8 Å². The lowest BCUT2D eigenvalue weighted by Crippen LogP contribution is -2.35. The maximum absolute atomic E-state index is 5.35. The summed E-state index contributed by atoms with van der Waals surface area (Å²) in [5, 5.41) is 3.38. The molecule has 2 unspecified atom stereocenters. The fraction of sp³-hybridized carbons (Fsp3) is 1.00. The lowest BCUT2D eigenvalue weighted by atomic mass is 9.90. The molecule has 0 aromatic heterocycles. The van der Waals surface area contributed by atoms with Crippen molar-refractivity contribution >= 4 is 12.4 Å². The van der Waals surface area contributed by atoms with Crippen molar-refractivity contribution in [2.45, 2.75) is 6.42 Å². The van der Waals surface area contributed by atoms with Crippen LogP contribution in [-0.2, 0) is 4.74 Å². The van der Waals surface area contributed by atoms with Gasteiger partial charge in [-0.25, -0.2) is 0 Å². The van der Waals surface area contributed by atoms with Crippen LogP contribution in [0.2, 0.25) is 0 Å². The van der Waals surface area contributed by atoms with E-state index in [1.807, 2.05) is 0 Å². The van der Waals surface area contributed by atoms with Gasteiger partial charge in [-0.15, -0.1) is 12.4 Å². The van der Waals surface area contributed by atoms with E-state index in [4.69, 9.17) is 4.74 Å². The molecule has 1 N–H and O–H groups in total. The number of fused-ring (bicyclic) bond motifs is 1. The Hall–Kier alpha value is 0.210. The van der Waals surface area contributed by atoms with Gasteiger partial charge >= 0.3 is 0 Å². The molecule has 2 saturated heterocycles. The van der Waals surface area contributed by atoms with Gasteiger partial charge in [-0.2, -0.15) is 0 Å². The molecule has 0 aliphatic carbocycles. The Morgan fingerprint density at radius 3 is 2.80 bits per heavy atom. The predicted octanol–water partition coefficient (Wildman–Crippen LogP) is 0.664. The van der Waals surface area contributed by atoms with Crippen molar-refractivity contribution in [2.75, 3.05) is 26.3 Å². The molecule has 2 fully saturated rings. The van der Waals surface area contributed by atoms with Gasteiger partial charge in [0.25, 0.3) is 0 Å². The second-order valence-electron chi connectivity index (χ2n) is 3.05. The first-order chi connectivity index (χ1) is 4.47. The Labute approximate surface area is 67.7 Å². The van der Waals surface area contributed by atoms with E-state index in [9.17, 15) is 0 Å². The van der Waals surface area contributed by atoms with Crippen LogP contribution < -0.4 is 5.32 Å². The molecule has 2 rings (SSSR count). The van der Waals surface area contributed by atoms with Crippen LogP contribution in [0.25, 0.3) is 0 Å². The number of nitrogens with one attached hydrogen (secondary N) is 1. The van der Waals surface area contributed by atoms with E-state index >= 15 is 0 Å². The molecule has 2 aliphatic rings. The highest BCUT2D eigenvalue weighted by Gasteiger charge is 2.29. The number of piperidine rings is 1. The molecule has 3 heteroatoms. The average molecular weight is 164 g/mol. The zero-order valence-corrected chi connectivity index (χ0v) is 6.82. The van der Waals surface area contributed by atoms with Crippen LogP contribution >= 0.6 is 12.4 Å². The van der Waals surface area contributed by atoms with Crippen molar-refractivity contribution < 1.29 is 4.74 Å². The molecule has 2 atom stereocenters. The van der Waals surface area contributed by atoms with Crippen LogP contribution in [-0.4, -0.2) is 26.3 Å². The normalized spacial score (nSPS) is 38.4. The third-order valence-electron chi connectivity index (χ3n) is 2.43. The van der Waals surface area contributed by atoms with Crippen LogP contribution in [0, 0.1) is 11.8 Å². The molecule has 60 valence electrons. The second-order valence-corrected chi connectivity index (χ2v) is 3.05. The molecule has 2 aliphatic heterocycles. The fourth-order valence-corrected chi connectivity index (χ4v) is 1.76. The van der Waals surface area contributed by atoms with Gasteiger partial charge in [0.1, 0.15) is 0 Å². The van der Waals surface area contributed by atoms with Gasteiger partial charge < -0.3 is 10.1 Å². The van der Waals surface area contributed by atoms with E-state index in [-0.39, 0.29) is 12.4 Å². The van der Waals surface area contributed by atoms with Crippen LogP contribution in [0.5, 0.6) is 0 Å². The summed E-state index contributed by atoms with van der Waals surface area (Å²) in [4.78, 5) is 0. The van der Waals surface area contributed by atoms with Crippen molar-refractivity contribution in [1.82, 2.24) is 5.32 Å². The number of rotatable bonds is 0. The molecule has 0 aromatic rings. The van der Waals surface area contributed by atoms with Crippen LogP contribution in [0.3, 0.4) is 0 Å². The number of ether oxygens (including phenoxy) is 1. The van der Waals surface area contributed by atoms with E-state index in [2.05, 4.69) is 5.32 Å². The fourth-order valence-electron chi connectivity index (χ4n) is 1.76. The Bertz CT molecular complexity index is 97.8. The Kier molecular flexibility index (Phi) is 2.96. The lowest BCUT2D eigenvalue weighted by molar-refractivity contribution is 0.182. The lowest BCUT2D eigenvalue weighted by Gasteiger charge is -2.23. The quantitative estimate of drug-likeness (QED) is 0.567. The molecule has 0 spiro atoms. The maximum Gasteiger partial charge on any atom is 0.0510 e. The van der Waals surface area contributed by atoms with Gasteiger partial charge in [-0.1, -0.05) is 0 Å². The van der Waals surface area contributed by atoms with E-state index in [1.54, 1.807) is 0 Å². The molecule has 0 amide bonds. The summed E-state index contributed by atoms with van der Waals surface area (Å²) in [6, 6.07) is 0. The van der Waals surface area contributed by atoms with Gasteiger partial charge in [-0.3, -0.25) is 0 Å². The summed E-state index contributed by atoms with van der Waals surface area (Å²) in [6.07, 6.45) is 1.32. The summed E-state index contributed by atoms with van der Waals surface area (Å²) >= 11 is 0. The summed E-state index contributed by atoms with van der Waals surface area (Å²) < 4.78 is 5.35. The highest BCUT2D eigenvalue weighted by Crippen LogP contribution is 2.25. The van der Waals surface area contributed by atoms with Crippen LogP contribution in [0.4, 0.5) is 0 Å². The predicted molar refractivity (Wildman–Crippen MR) is 42.5 cm³/mol. The minimum atomic E-state index is 0. The van der Waals surface area contributed by atoms with Crippen molar-refractivity contribution in [1.29, 1.82) is 0 Å². The number of hydrogen-bond donors (Lipinski definition) is 1. The standard InChI is InChI=1S/C7H13NO.ClH/c1-2-8-3-7-5-9-4-6(1)7;/h6-8H,1-5H2;1H. The topological polar surface area (TPSA) is 21.3 Å². The Balaban J connectivity index is 0.000000500. The van der Waals surface area contributed by atoms with E-state index in [0.29, 0.717) is 0 Å². The Morgan fingerprint density at radius 2 is 2.00 bits per heavy atom. The van der Waals surface area contributed by atoms with Crippen molar-refractivity contribution in [3.8, 4) is 0 Å². The molecule has 0 bridgehead atoms. The first kappa shape index (κ1) is 8.31. The average Bonchev–Trinajstić information content (AvgIpc) is 2.33. The van der Waals surface area contributed by atoms with Gasteiger partial charge in [0, 0.05) is 13.2 Å². The number of hydrogen-bond acceptors (Lipinski definition) is 2. The van der Waals surface area contributed by atoms with Crippen LogP contribution in [0.1, 0.15) is 6.42 Å². The summed E-state index contributed by atoms with van der Waals surface area (Å²) in [5.41, 5.74) is 0. The maximum atomic E-state index is 5.35. The summed E-state index contributed by atoms with van der Waals surface area (Å²) in [5.74, 6) is 1.71. The van der Waals surface area contributed by atoms with Gasteiger partial charge in [0.05, 0.1) is 6.61 Å². The Morgan fingerprint density at radius 1 is 1.20 bits per heavy atom. The molecule has 10 heavy (non-hydrogen) atoms. The molecule has 0 aromatic carbocycles. The van der Waals surface area contributed by atoms with Crippen molar-refractivity contribution in [3.63, 3.8) is 0 Å². The van der Waals surface area contributed by atoms with Crippen molar-refractivity contribution in [3.05, 3.63) is 0 Å². The summed E-state index contributed by atoms with van der Waals surface area (Å²) in [7, 11) is 0. The SMILES string of the molecule is C1CC2COCC2CN1.Cl. The van der Waals surface area contributed by atoms with Gasteiger partial charge in [0.15, 0.2) is 0 Å². The second kappa shape index (κ2) is 3.56. The largest absolute Gasteiger partial charge is 0.381 e. The third-order valence-corrected chi connectivity index (χ3v) is 2.43. The first-order valence-electron chi connectivity index (χ1n) is 3.75. The van der Waals surface area contributed by atoms with Crippen LogP contribution in [0.15, 0.2) is 0 Å². The number of halogens is 1. The first-order valence-corrected chi connectivity index (χ1v) is 3.75. The molecular formula is C7H14ClNO. The highest BCUT2D eigenvalue weighted by molar-refractivity contribution is 5.85. The molecular weight excluding hydrogens is 150 g/mol. The van der Waals surface area contributed by atoms with E-state index in [0.717, 1.165) is 25.0 Å². The van der Waals surface area contributed by atoms with E-state index < -0.39 is 0 Å². The molecule has 0 radical (unpaired) electrons. The third kappa shape index (κ3) is 1.44. The van der Waals surface area contributed by atoms with Gasteiger partial charge in [0.2, 0.25) is 0 Å². The molecule has 2 nitrogen and oxygen atoms in total. The highest BCUT2D eigenvalue weighted by atomic mass is 35.5. The van der Waals surface area contributed by atoms with Crippen molar-refractivity contribution in [2.24, 2.45) is 11.8 Å². The zero-order valence-electron chi connectivity index (χ0n) is 6.01. The molecule has 2 heterocycles. The summed E-state index contributed by atoms with van der Waals surface area (Å²) in [6.45, 7) is 4.40. The minimum absolute atomic E-state index is 0. The minimum Gasteiger partial charge on any atom is -0.381 e. The smallest absolute Gasteiger partial charge is 0.0510 e. The van der Waals surface area contributed by atoms with E-state index in [1.165, 1.54) is 19.5 Å². The monoisotopic (exact) mass is 163 g/mol.